The summed E-state index contributed by atoms with van der Waals surface area (Å²) in [5, 5.41) is -0.0137. The van der Waals surface area contributed by atoms with E-state index in [9.17, 15) is 18.4 Å². The Labute approximate surface area is 92.6 Å². The Morgan fingerprint density at radius 2 is 2.06 bits per heavy atom. The number of H-pyrrole nitrogens is 1. The number of aromatic amines is 1. The summed E-state index contributed by atoms with van der Waals surface area (Å²) in [5.41, 5.74) is -0.220. The molecule has 7 heteroatoms. The Bertz CT molecular complexity index is 674. The smallest absolute Gasteiger partial charge is 0.419 e. The van der Waals surface area contributed by atoms with Gasteiger partial charge in [0, 0.05) is 0 Å². The van der Waals surface area contributed by atoms with Gasteiger partial charge in [-0.25, -0.2) is 9.59 Å². The number of nitrogens with one attached hydrogen (secondary N) is 1. The van der Waals surface area contributed by atoms with Crippen LogP contribution in [0.3, 0.4) is 0 Å². The largest absolute Gasteiger partial charge is 0.435 e. The van der Waals surface area contributed by atoms with Crippen molar-refractivity contribution in [2.45, 2.75) is 13.5 Å². The second-order valence-electron chi connectivity index (χ2n) is 3.34. The Balaban J connectivity index is 2.73. The number of aromatic nitrogens is 1. The lowest BCUT2D eigenvalue weighted by molar-refractivity contribution is -0.0497. The van der Waals surface area contributed by atoms with E-state index in [1.165, 1.54) is 6.07 Å². The normalized spacial score (nSPS) is 11.1. The molecule has 0 amide bonds. The topological polar surface area (TPSA) is 72.3 Å². The molecule has 2 aromatic rings. The quantitative estimate of drug-likeness (QED) is 0.865. The first-order chi connectivity index (χ1) is 7.97. The third-order valence-corrected chi connectivity index (χ3v) is 2.17. The van der Waals surface area contributed by atoms with Crippen LogP contribution in [0.5, 0.6) is 5.75 Å². The van der Waals surface area contributed by atoms with Crippen molar-refractivity contribution in [2.75, 3.05) is 0 Å². The van der Waals surface area contributed by atoms with Crippen molar-refractivity contribution >= 4 is 10.9 Å². The standard InChI is InChI=1S/C10H7F2NO4/c1-4-2-5(16-9(11)12)3-6-7(4)13-10(15)17-8(6)14/h2-3,9H,1H3,(H,13,15). The summed E-state index contributed by atoms with van der Waals surface area (Å²) < 4.78 is 32.5. The Morgan fingerprint density at radius 1 is 1.35 bits per heavy atom. The van der Waals surface area contributed by atoms with Gasteiger partial charge in [-0.3, -0.25) is 4.98 Å². The number of hydrogen-bond donors (Lipinski definition) is 1. The third kappa shape index (κ3) is 2.17. The summed E-state index contributed by atoms with van der Waals surface area (Å²) in [6.45, 7) is -1.43. The fourth-order valence-electron chi connectivity index (χ4n) is 1.52. The van der Waals surface area contributed by atoms with E-state index in [2.05, 4.69) is 14.1 Å². The first-order valence-corrected chi connectivity index (χ1v) is 4.60. The van der Waals surface area contributed by atoms with E-state index in [0.29, 0.717) is 5.56 Å². The SMILES string of the molecule is Cc1cc(OC(F)F)cc2c(=O)oc(=O)[nH]c12. The molecule has 0 atom stereocenters. The van der Waals surface area contributed by atoms with E-state index in [0.717, 1.165) is 6.07 Å². The number of fused-ring (bicyclic) bond motifs is 1. The second-order valence-corrected chi connectivity index (χ2v) is 3.34. The molecule has 17 heavy (non-hydrogen) atoms. The van der Waals surface area contributed by atoms with Crippen molar-refractivity contribution in [3.8, 4) is 5.75 Å². The molecule has 0 unspecified atom stereocenters. The van der Waals surface area contributed by atoms with Crippen LogP contribution in [0.2, 0.25) is 0 Å². The number of rotatable bonds is 2. The predicted octanol–water partition coefficient (Wildman–Crippen LogP) is 1.39. The van der Waals surface area contributed by atoms with Gasteiger partial charge in [-0.05, 0) is 24.6 Å². The molecule has 1 heterocycles. The van der Waals surface area contributed by atoms with Crippen molar-refractivity contribution in [1.82, 2.24) is 4.98 Å². The van der Waals surface area contributed by atoms with Crippen LogP contribution in [-0.4, -0.2) is 11.6 Å². The summed E-state index contributed by atoms with van der Waals surface area (Å²) in [4.78, 5) is 24.6. The van der Waals surface area contributed by atoms with Crippen LogP contribution < -0.4 is 16.1 Å². The molecule has 90 valence electrons. The van der Waals surface area contributed by atoms with Crippen LogP contribution in [0.15, 0.2) is 26.1 Å². The number of alkyl halides is 2. The maximum Gasteiger partial charge on any atom is 0.419 e. The molecular weight excluding hydrogens is 236 g/mol. The number of aryl methyl sites for hydroxylation is 1. The van der Waals surface area contributed by atoms with Crippen molar-refractivity contribution in [3.63, 3.8) is 0 Å². The van der Waals surface area contributed by atoms with Gasteiger partial charge in [-0.15, -0.1) is 0 Å². The fourth-order valence-corrected chi connectivity index (χ4v) is 1.52. The zero-order chi connectivity index (χ0) is 12.6. The van der Waals surface area contributed by atoms with Crippen molar-refractivity contribution in [2.24, 2.45) is 0 Å². The highest BCUT2D eigenvalue weighted by atomic mass is 19.3. The number of ether oxygens (including phenoxy) is 1. The Hall–Kier alpha value is -2.18. The molecule has 1 N–H and O–H groups in total. The minimum Gasteiger partial charge on any atom is -0.435 e. The number of hydrogen-bond acceptors (Lipinski definition) is 4. The van der Waals surface area contributed by atoms with Gasteiger partial charge < -0.3 is 9.15 Å². The van der Waals surface area contributed by atoms with Gasteiger partial charge in [-0.2, -0.15) is 8.78 Å². The maximum absolute atomic E-state index is 12.0. The minimum absolute atomic E-state index is 0.0137. The lowest BCUT2D eigenvalue weighted by Gasteiger charge is -2.06. The van der Waals surface area contributed by atoms with Crippen LogP contribution in [0, 0.1) is 6.92 Å². The summed E-state index contributed by atoms with van der Waals surface area (Å²) >= 11 is 0. The van der Waals surface area contributed by atoms with E-state index in [-0.39, 0.29) is 16.7 Å². The summed E-state index contributed by atoms with van der Waals surface area (Å²) in [6, 6.07) is 2.39. The molecule has 0 fully saturated rings. The number of halogens is 2. The maximum atomic E-state index is 12.0. The molecular formula is C10H7F2NO4. The van der Waals surface area contributed by atoms with Crippen molar-refractivity contribution < 1.29 is 17.9 Å². The molecule has 0 saturated heterocycles. The molecule has 2 rings (SSSR count). The van der Waals surface area contributed by atoms with E-state index >= 15 is 0 Å². The lowest BCUT2D eigenvalue weighted by Crippen LogP contribution is -2.15. The van der Waals surface area contributed by atoms with Gasteiger partial charge in [0.1, 0.15) is 5.75 Å². The summed E-state index contributed by atoms with van der Waals surface area (Å²) in [7, 11) is 0. The molecule has 0 radical (unpaired) electrons. The van der Waals surface area contributed by atoms with Gasteiger partial charge in [0.2, 0.25) is 0 Å². The zero-order valence-corrected chi connectivity index (χ0v) is 8.62. The van der Waals surface area contributed by atoms with E-state index in [1.54, 1.807) is 6.92 Å². The Kier molecular flexibility index (Phi) is 2.66. The first-order valence-electron chi connectivity index (χ1n) is 4.60. The van der Waals surface area contributed by atoms with Crippen molar-refractivity contribution in [3.05, 3.63) is 38.7 Å². The van der Waals surface area contributed by atoms with Crippen LogP contribution >= 0.6 is 0 Å². The average molecular weight is 243 g/mol. The zero-order valence-electron chi connectivity index (χ0n) is 8.62. The van der Waals surface area contributed by atoms with Gasteiger partial charge in [0.05, 0.1) is 10.9 Å². The first kappa shape index (κ1) is 11.3. The van der Waals surface area contributed by atoms with Gasteiger partial charge in [0.15, 0.2) is 0 Å². The van der Waals surface area contributed by atoms with Crippen LogP contribution in [-0.2, 0) is 0 Å². The minimum atomic E-state index is -2.98. The number of benzene rings is 1. The van der Waals surface area contributed by atoms with E-state index < -0.39 is 18.0 Å². The highest BCUT2D eigenvalue weighted by molar-refractivity contribution is 5.81. The molecule has 5 nitrogen and oxygen atoms in total. The van der Waals surface area contributed by atoms with Crippen LogP contribution in [0.25, 0.3) is 10.9 Å². The van der Waals surface area contributed by atoms with Gasteiger partial charge >= 0.3 is 18.0 Å². The monoisotopic (exact) mass is 243 g/mol. The fraction of sp³-hybridized carbons (Fsp3) is 0.200. The van der Waals surface area contributed by atoms with E-state index in [1.807, 2.05) is 0 Å². The molecule has 0 saturated carbocycles. The van der Waals surface area contributed by atoms with Gasteiger partial charge in [0.25, 0.3) is 0 Å². The van der Waals surface area contributed by atoms with Crippen LogP contribution in [0.1, 0.15) is 5.56 Å². The average Bonchev–Trinajstić information content (AvgIpc) is 2.19. The van der Waals surface area contributed by atoms with Crippen molar-refractivity contribution in [1.29, 1.82) is 0 Å². The highest BCUT2D eigenvalue weighted by Gasteiger charge is 2.11. The molecule has 1 aromatic carbocycles. The second kappa shape index (κ2) is 4.00. The molecule has 0 aliphatic heterocycles. The van der Waals surface area contributed by atoms with Crippen LogP contribution in [0.4, 0.5) is 8.78 Å². The predicted molar refractivity (Wildman–Crippen MR) is 54.5 cm³/mol. The lowest BCUT2D eigenvalue weighted by atomic mass is 10.1. The summed E-state index contributed by atoms with van der Waals surface area (Å²) in [5.74, 6) is -1.06. The van der Waals surface area contributed by atoms with Gasteiger partial charge in [-0.1, -0.05) is 0 Å². The highest BCUT2D eigenvalue weighted by Crippen LogP contribution is 2.21. The molecule has 0 bridgehead atoms. The molecule has 0 spiro atoms. The third-order valence-electron chi connectivity index (χ3n) is 2.17. The summed E-state index contributed by atoms with van der Waals surface area (Å²) in [6.07, 6.45) is 0. The van der Waals surface area contributed by atoms with E-state index in [4.69, 9.17) is 0 Å². The molecule has 0 aliphatic rings. The molecule has 0 aliphatic carbocycles. The Morgan fingerprint density at radius 3 is 2.71 bits per heavy atom. The molecule has 1 aromatic heterocycles.